The lowest BCUT2D eigenvalue weighted by Gasteiger charge is -2.05. The topological polar surface area (TPSA) is 103 Å². The Morgan fingerprint density at radius 3 is 2.57 bits per heavy atom. The third-order valence-electron chi connectivity index (χ3n) is 3.89. The first-order valence-corrected chi connectivity index (χ1v) is 9.30. The summed E-state index contributed by atoms with van der Waals surface area (Å²) < 4.78 is 6.71. The van der Waals surface area contributed by atoms with Gasteiger partial charge in [0, 0.05) is 12.3 Å². The van der Waals surface area contributed by atoms with Gasteiger partial charge in [-0.1, -0.05) is 18.2 Å². The molecule has 28 heavy (non-hydrogen) atoms. The van der Waals surface area contributed by atoms with E-state index in [2.05, 4.69) is 15.4 Å². The predicted octanol–water partition coefficient (Wildman–Crippen LogP) is 2.83. The minimum Gasteiger partial charge on any atom is -0.453 e. The quantitative estimate of drug-likeness (QED) is 0.389. The summed E-state index contributed by atoms with van der Waals surface area (Å²) in [5.41, 5.74) is 2.48. The summed E-state index contributed by atoms with van der Waals surface area (Å²) in [4.78, 5) is 40.0. The molecule has 3 rings (SSSR count). The molecule has 1 aromatic carbocycles. The predicted molar refractivity (Wildman–Crippen MR) is 104 cm³/mol. The fraction of sp³-hybridized carbons (Fsp3) is 0.211. The Hall–Kier alpha value is -3.33. The SMILES string of the molecule is CC(=O)Nc1nc(COC(=O)C(=O)c2c(C)nn(-c3ccccc3)c2C)cs1. The van der Waals surface area contributed by atoms with Gasteiger partial charge in [0.15, 0.2) is 5.13 Å². The van der Waals surface area contributed by atoms with E-state index in [4.69, 9.17) is 4.74 Å². The van der Waals surface area contributed by atoms with E-state index in [0.717, 1.165) is 5.69 Å². The molecule has 8 nitrogen and oxygen atoms in total. The standard InChI is InChI=1S/C19H18N4O4S/c1-11-16(12(2)23(22-11)15-7-5-4-6-8-15)17(25)18(26)27-9-14-10-28-19(21-14)20-13(3)24/h4-8,10H,9H2,1-3H3,(H,20,21,24). The number of hydrogen-bond acceptors (Lipinski definition) is 7. The number of carbonyl (C=O) groups excluding carboxylic acids is 3. The second-order valence-corrected chi connectivity index (χ2v) is 6.88. The number of para-hydroxylation sites is 1. The van der Waals surface area contributed by atoms with E-state index in [1.807, 2.05) is 30.3 Å². The van der Waals surface area contributed by atoms with Gasteiger partial charge in [-0.3, -0.25) is 9.59 Å². The van der Waals surface area contributed by atoms with E-state index in [9.17, 15) is 14.4 Å². The van der Waals surface area contributed by atoms with E-state index in [0.29, 0.717) is 22.2 Å². The van der Waals surface area contributed by atoms with Crippen molar-refractivity contribution in [1.82, 2.24) is 14.8 Å². The number of rotatable bonds is 6. The summed E-state index contributed by atoms with van der Waals surface area (Å²) in [6, 6.07) is 9.34. The Labute approximate surface area is 165 Å². The molecule has 0 spiro atoms. The second kappa shape index (κ2) is 8.13. The largest absolute Gasteiger partial charge is 0.453 e. The molecule has 3 aromatic rings. The summed E-state index contributed by atoms with van der Waals surface area (Å²) in [5.74, 6) is -1.98. The van der Waals surface area contributed by atoms with Gasteiger partial charge in [0.2, 0.25) is 5.91 Å². The summed E-state index contributed by atoms with van der Waals surface area (Å²) >= 11 is 1.21. The highest BCUT2D eigenvalue weighted by atomic mass is 32.1. The van der Waals surface area contributed by atoms with Gasteiger partial charge in [0.1, 0.15) is 6.61 Å². The maximum absolute atomic E-state index is 12.6. The van der Waals surface area contributed by atoms with Crippen molar-refractivity contribution in [2.75, 3.05) is 5.32 Å². The van der Waals surface area contributed by atoms with E-state index >= 15 is 0 Å². The molecule has 0 aliphatic carbocycles. The van der Waals surface area contributed by atoms with Crippen molar-refractivity contribution in [3.8, 4) is 5.69 Å². The van der Waals surface area contributed by atoms with Gasteiger partial charge in [-0.25, -0.2) is 14.5 Å². The van der Waals surface area contributed by atoms with Gasteiger partial charge in [0.25, 0.3) is 5.78 Å². The first-order chi connectivity index (χ1) is 13.4. The maximum atomic E-state index is 12.6. The third-order valence-corrected chi connectivity index (χ3v) is 4.70. The van der Waals surface area contributed by atoms with E-state index < -0.39 is 11.8 Å². The first-order valence-electron chi connectivity index (χ1n) is 8.42. The highest BCUT2D eigenvalue weighted by molar-refractivity contribution is 7.13. The first kappa shape index (κ1) is 19.4. The highest BCUT2D eigenvalue weighted by Crippen LogP contribution is 2.20. The number of ether oxygens (including phenoxy) is 1. The van der Waals surface area contributed by atoms with Gasteiger partial charge in [0.05, 0.1) is 28.3 Å². The number of thiazole rings is 1. The summed E-state index contributed by atoms with van der Waals surface area (Å²) in [6.07, 6.45) is 0. The van der Waals surface area contributed by atoms with Crippen LogP contribution in [-0.2, 0) is 20.9 Å². The molecule has 0 fully saturated rings. The number of amides is 1. The molecule has 1 amide bonds. The van der Waals surface area contributed by atoms with Crippen LogP contribution in [0.4, 0.5) is 5.13 Å². The Balaban J connectivity index is 1.72. The minimum absolute atomic E-state index is 0.161. The molecule has 0 unspecified atom stereocenters. The molecule has 0 radical (unpaired) electrons. The van der Waals surface area contributed by atoms with E-state index in [1.165, 1.54) is 18.3 Å². The fourth-order valence-electron chi connectivity index (χ4n) is 2.68. The normalized spacial score (nSPS) is 10.5. The number of nitrogens with one attached hydrogen (secondary N) is 1. The number of aryl methyl sites for hydroxylation is 1. The highest BCUT2D eigenvalue weighted by Gasteiger charge is 2.26. The molecule has 1 N–H and O–H groups in total. The number of nitrogens with zero attached hydrogens (tertiary/aromatic N) is 3. The monoisotopic (exact) mass is 398 g/mol. The van der Waals surface area contributed by atoms with Gasteiger partial charge in [-0.2, -0.15) is 5.10 Å². The lowest BCUT2D eigenvalue weighted by Crippen LogP contribution is -2.19. The molecule has 144 valence electrons. The number of carbonyl (C=O) groups is 3. The van der Waals surface area contributed by atoms with Crippen molar-refractivity contribution in [3.63, 3.8) is 0 Å². The molecule has 0 saturated heterocycles. The molecule has 2 heterocycles. The molecule has 0 aliphatic heterocycles. The molecular formula is C19H18N4O4S. The van der Waals surface area contributed by atoms with Crippen LogP contribution in [0.15, 0.2) is 35.7 Å². The lowest BCUT2D eigenvalue weighted by atomic mass is 10.1. The van der Waals surface area contributed by atoms with E-state index in [-0.39, 0.29) is 18.1 Å². The molecule has 0 aliphatic rings. The smallest absolute Gasteiger partial charge is 0.380 e. The van der Waals surface area contributed by atoms with Crippen molar-refractivity contribution in [2.24, 2.45) is 0 Å². The summed E-state index contributed by atoms with van der Waals surface area (Å²) in [5, 5.41) is 8.96. The number of hydrogen-bond donors (Lipinski definition) is 1. The number of Topliss-reactive ketones (excluding diaryl/α,β-unsaturated/α-hetero) is 1. The van der Waals surface area contributed by atoms with Crippen molar-refractivity contribution < 1.29 is 19.1 Å². The van der Waals surface area contributed by atoms with Gasteiger partial charge < -0.3 is 10.1 Å². The van der Waals surface area contributed by atoms with Crippen LogP contribution in [-0.4, -0.2) is 32.4 Å². The zero-order valence-corrected chi connectivity index (χ0v) is 16.4. The van der Waals surface area contributed by atoms with Crippen LogP contribution in [0.3, 0.4) is 0 Å². The third kappa shape index (κ3) is 4.15. The zero-order valence-electron chi connectivity index (χ0n) is 15.6. The van der Waals surface area contributed by atoms with Crippen molar-refractivity contribution in [2.45, 2.75) is 27.4 Å². The average molecular weight is 398 g/mol. The number of esters is 1. The van der Waals surface area contributed by atoms with Crippen LogP contribution < -0.4 is 5.32 Å². The molecule has 0 bridgehead atoms. The Kier molecular flexibility index (Phi) is 5.65. The zero-order chi connectivity index (χ0) is 20.3. The van der Waals surface area contributed by atoms with Crippen molar-refractivity contribution in [3.05, 3.63) is 58.4 Å². The number of aromatic nitrogens is 3. The molecule has 0 saturated carbocycles. The lowest BCUT2D eigenvalue weighted by molar-refractivity contribution is -0.139. The van der Waals surface area contributed by atoms with Crippen LogP contribution in [0, 0.1) is 13.8 Å². The van der Waals surface area contributed by atoms with Gasteiger partial charge in [-0.15, -0.1) is 11.3 Å². The molecule has 2 aromatic heterocycles. The van der Waals surface area contributed by atoms with E-state index in [1.54, 1.807) is 23.9 Å². The molecule has 9 heteroatoms. The van der Waals surface area contributed by atoms with Gasteiger partial charge >= 0.3 is 5.97 Å². The maximum Gasteiger partial charge on any atom is 0.380 e. The van der Waals surface area contributed by atoms with Crippen LogP contribution >= 0.6 is 11.3 Å². The second-order valence-electron chi connectivity index (χ2n) is 6.02. The summed E-state index contributed by atoms with van der Waals surface area (Å²) in [7, 11) is 0. The van der Waals surface area contributed by atoms with Crippen molar-refractivity contribution in [1.29, 1.82) is 0 Å². The van der Waals surface area contributed by atoms with Crippen LogP contribution in [0.1, 0.15) is 34.4 Å². The Morgan fingerprint density at radius 1 is 1.18 bits per heavy atom. The van der Waals surface area contributed by atoms with Crippen LogP contribution in [0.5, 0.6) is 0 Å². The fourth-order valence-corrected chi connectivity index (χ4v) is 3.42. The number of anilines is 1. The van der Waals surface area contributed by atoms with Crippen LogP contribution in [0.2, 0.25) is 0 Å². The van der Waals surface area contributed by atoms with Crippen molar-refractivity contribution >= 4 is 34.1 Å². The molecular weight excluding hydrogens is 380 g/mol. The molecule has 0 atom stereocenters. The number of benzene rings is 1. The van der Waals surface area contributed by atoms with Crippen LogP contribution in [0.25, 0.3) is 5.69 Å². The van der Waals surface area contributed by atoms with Gasteiger partial charge in [-0.05, 0) is 26.0 Å². The number of ketones is 1. The average Bonchev–Trinajstić information content (AvgIpc) is 3.23. The minimum atomic E-state index is -0.979. The Bertz CT molecular complexity index is 1040. The summed E-state index contributed by atoms with van der Waals surface area (Å²) in [6.45, 7) is 4.62. The Morgan fingerprint density at radius 2 is 1.89 bits per heavy atom.